The van der Waals surface area contributed by atoms with Crippen molar-refractivity contribution in [2.24, 2.45) is 0 Å². The van der Waals surface area contributed by atoms with Gasteiger partial charge >= 0.3 is 0 Å². The summed E-state index contributed by atoms with van der Waals surface area (Å²) >= 11 is 5.49. The van der Waals surface area contributed by atoms with Crippen molar-refractivity contribution in [2.75, 3.05) is 31.3 Å². The van der Waals surface area contributed by atoms with Gasteiger partial charge in [-0.15, -0.1) is 11.6 Å². The van der Waals surface area contributed by atoms with Crippen LogP contribution in [0.2, 0.25) is 0 Å². The van der Waals surface area contributed by atoms with Crippen molar-refractivity contribution in [3.63, 3.8) is 0 Å². The molecule has 1 heterocycles. The van der Waals surface area contributed by atoms with E-state index in [0.29, 0.717) is 12.3 Å². The van der Waals surface area contributed by atoms with Crippen LogP contribution in [0.3, 0.4) is 0 Å². The monoisotopic (exact) mass is 268 g/mol. The molecule has 0 aromatic carbocycles. The fourth-order valence-corrected chi connectivity index (χ4v) is 3.60. The summed E-state index contributed by atoms with van der Waals surface area (Å²) in [6.45, 7) is 5.15. The lowest BCUT2D eigenvalue weighted by atomic mass is 10.1. The minimum Gasteiger partial charge on any atom is -0.303 e. The third kappa shape index (κ3) is 4.99. The topological polar surface area (TPSA) is 49.4 Å². The first-order valence-electron chi connectivity index (χ1n) is 5.85. The summed E-state index contributed by atoms with van der Waals surface area (Å²) < 4.78 is 26.0. The Hall–Kier alpha value is 0.160. The number of likely N-dealkylation sites (tertiary alicyclic amines) is 1. The number of rotatable bonds is 6. The van der Waals surface area contributed by atoms with Gasteiger partial charge in [-0.1, -0.05) is 6.92 Å². The van der Waals surface area contributed by atoms with E-state index in [2.05, 4.69) is 16.5 Å². The quantitative estimate of drug-likeness (QED) is 0.732. The second-order valence-electron chi connectivity index (χ2n) is 4.19. The predicted molar refractivity (Wildman–Crippen MR) is 67.4 cm³/mol. The second kappa shape index (κ2) is 6.79. The van der Waals surface area contributed by atoms with Gasteiger partial charge in [0.25, 0.3) is 0 Å². The highest BCUT2D eigenvalue weighted by Gasteiger charge is 2.22. The number of sulfonamides is 1. The molecule has 1 saturated heterocycles. The van der Waals surface area contributed by atoms with Crippen LogP contribution in [-0.2, 0) is 10.0 Å². The third-order valence-corrected chi connectivity index (χ3v) is 4.71. The van der Waals surface area contributed by atoms with Crippen molar-refractivity contribution in [1.82, 2.24) is 9.62 Å². The maximum absolute atomic E-state index is 11.6. The highest BCUT2D eigenvalue weighted by atomic mass is 35.5. The molecule has 0 aromatic heterocycles. The minimum absolute atomic E-state index is 0.114. The molecule has 1 aliphatic heterocycles. The summed E-state index contributed by atoms with van der Waals surface area (Å²) in [5, 5.41) is 0. The van der Waals surface area contributed by atoms with E-state index in [1.165, 1.54) is 0 Å². The number of halogens is 1. The Morgan fingerprint density at radius 2 is 2.00 bits per heavy atom. The smallest absolute Gasteiger partial charge is 0.211 e. The van der Waals surface area contributed by atoms with Gasteiger partial charge in [0.05, 0.1) is 5.75 Å². The molecule has 0 atom stereocenters. The van der Waals surface area contributed by atoms with E-state index < -0.39 is 10.0 Å². The van der Waals surface area contributed by atoms with Gasteiger partial charge in [0.1, 0.15) is 0 Å². The van der Waals surface area contributed by atoms with Crippen LogP contribution < -0.4 is 4.72 Å². The normalized spacial score (nSPS) is 20.1. The van der Waals surface area contributed by atoms with E-state index in [-0.39, 0.29) is 11.8 Å². The van der Waals surface area contributed by atoms with Crippen LogP contribution in [0.15, 0.2) is 0 Å². The van der Waals surface area contributed by atoms with Gasteiger partial charge in [0, 0.05) is 11.9 Å². The number of piperidine rings is 1. The van der Waals surface area contributed by atoms with E-state index >= 15 is 0 Å². The molecule has 0 bridgehead atoms. The lowest BCUT2D eigenvalue weighted by Crippen LogP contribution is -2.45. The number of nitrogens with zero attached hydrogens (tertiary/aromatic N) is 1. The highest BCUT2D eigenvalue weighted by Crippen LogP contribution is 2.11. The molecular formula is C10H21ClN2O2S. The first-order chi connectivity index (χ1) is 7.57. The van der Waals surface area contributed by atoms with Crippen molar-refractivity contribution < 1.29 is 8.42 Å². The maximum Gasteiger partial charge on any atom is 0.211 e. The molecular weight excluding hydrogens is 248 g/mol. The fraction of sp³-hybridized carbons (Fsp3) is 1.00. The average Bonchev–Trinajstić information content (AvgIpc) is 2.27. The van der Waals surface area contributed by atoms with Gasteiger partial charge in [-0.05, 0) is 38.9 Å². The number of alkyl halides is 1. The van der Waals surface area contributed by atoms with E-state index in [0.717, 1.165) is 32.5 Å². The van der Waals surface area contributed by atoms with Gasteiger partial charge in [0.2, 0.25) is 10.0 Å². The fourth-order valence-electron chi connectivity index (χ4n) is 1.92. The Bertz CT molecular complexity index is 287. The minimum atomic E-state index is -3.12. The van der Waals surface area contributed by atoms with Crippen molar-refractivity contribution in [1.29, 1.82) is 0 Å². The second-order valence-corrected chi connectivity index (χ2v) is 6.44. The molecule has 1 rings (SSSR count). The molecule has 1 N–H and O–H groups in total. The van der Waals surface area contributed by atoms with Crippen molar-refractivity contribution in [3.05, 3.63) is 0 Å². The molecule has 6 heteroatoms. The van der Waals surface area contributed by atoms with Crippen molar-refractivity contribution in [3.8, 4) is 0 Å². The lowest BCUT2D eigenvalue weighted by molar-refractivity contribution is 0.217. The van der Waals surface area contributed by atoms with E-state index in [1.807, 2.05) is 0 Å². The molecule has 1 aliphatic rings. The largest absolute Gasteiger partial charge is 0.303 e. The SMILES string of the molecule is CCN1CCC(NS(=O)(=O)CCCCl)CC1. The first kappa shape index (κ1) is 14.2. The summed E-state index contributed by atoms with van der Waals surface area (Å²) in [4.78, 5) is 2.34. The summed E-state index contributed by atoms with van der Waals surface area (Å²) in [6.07, 6.45) is 2.34. The standard InChI is InChI=1S/C10H21ClN2O2S/c1-2-13-7-4-10(5-8-13)12-16(14,15)9-3-6-11/h10,12H,2-9H2,1H3. The summed E-state index contributed by atoms with van der Waals surface area (Å²) in [6, 6.07) is 0.114. The van der Waals surface area contributed by atoms with Crippen LogP contribution in [0.1, 0.15) is 26.2 Å². The van der Waals surface area contributed by atoms with E-state index in [4.69, 9.17) is 11.6 Å². The molecule has 96 valence electrons. The summed E-state index contributed by atoms with van der Waals surface area (Å²) in [5.74, 6) is 0.541. The predicted octanol–water partition coefficient (Wildman–Crippen LogP) is 1.02. The molecule has 0 radical (unpaired) electrons. The Labute approximate surface area is 103 Å². The van der Waals surface area contributed by atoms with Crippen molar-refractivity contribution in [2.45, 2.75) is 32.2 Å². The van der Waals surface area contributed by atoms with Crippen LogP contribution in [0, 0.1) is 0 Å². The Morgan fingerprint density at radius 1 is 1.38 bits per heavy atom. The average molecular weight is 269 g/mol. The molecule has 0 unspecified atom stereocenters. The Balaban J connectivity index is 2.32. The van der Waals surface area contributed by atoms with E-state index in [9.17, 15) is 8.42 Å². The third-order valence-electron chi connectivity index (χ3n) is 2.93. The molecule has 1 fully saturated rings. The van der Waals surface area contributed by atoms with Gasteiger partial charge in [-0.25, -0.2) is 13.1 Å². The highest BCUT2D eigenvalue weighted by molar-refractivity contribution is 7.89. The first-order valence-corrected chi connectivity index (χ1v) is 8.04. The van der Waals surface area contributed by atoms with Crippen LogP contribution in [0.25, 0.3) is 0 Å². The van der Waals surface area contributed by atoms with Crippen LogP contribution in [-0.4, -0.2) is 50.6 Å². The van der Waals surface area contributed by atoms with Crippen LogP contribution >= 0.6 is 11.6 Å². The van der Waals surface area contributed by atoms with Crippen LogP contribution in [0.5, 0.6) is 0 Å². The molecule has 0 aliphatic carbocycles. The number of nitrogens with one attached hydrogen (secondary N) is 1. The molecule has 0 spiro atoms. The summed E-state index contributed by atoms with van der Waals surface area (Å²) in [7, 11) is -3.12. The van der Waals surface area contributed by atoms with Gasteiger partial charge in [-0.3, -0.25) is 0 Å². The van der Waals surface area contributed by atoms with E-state index in [1.54, 1.807) is 0 Å². The zero-order valence-electron chi connectivity index (χ0n) is 9.78. The van der Waals surface area contributed by atoms with Gasteiger partial charge in [0.15, 0.2) is 0 Å². The number of hydrogen-bond acceptors (Lipinski definition) is 3. The van der Waals surface area contributed by atoms with Crippen LogP contribution in [0.4, 0.5) is 0 Å². The molecule has 0 aromatic rings. The zero-order chi connectivity index (χ0) is 12.0. The van der Waals surface area contributed by atoms with Gasteiger partial charge < -0.3 is 4.90 Å². The lowest BCUT2D eigenvalue weighted by Gasteiger charge is -2.31. The Morgan fingerprint density at radius 3 is 2.50 bits per heavy atom. The zero-order valence-corrected chi connectivity index (χ0v) is 11.4. The molecule has 0 amide bonds. The molecule has 16 heavy (non-hydrogen) atoms. The molecule has 4 nitrogen and oxygen atoms in total. The Kier molecular flexibility index (Phi) is 6.03. The summed E-state index contributed by atoms with van der Waals surface area (Å²) in [5.41, 5.74) is 0. The van der Waals surface area contributed by atoms with Gasteiger partial charge in [-0.2, -0.15) is 0 Å². The number of hydrogen-bond donors (Lipinski definition) is 1. The van der Waals surface area contributed by atoms with Crippen molar-refractivity contribution >= 4 is 21.6 Å². The maximum atomic E-state index is 11.6. The molecule has 0 saturated carbocycles.